The van der Waals surface area contributed by atoms with Gasteiger partial charge < -0.3 is 14.6 Å². The Morgan fingerprint density at radius 2 is 1.83 bits per heavy atom. The van der Waals surface area contributed by atoms with Crippen molar-refractivity contribution in [2.75, 3.05) is 45.8 Å². The summed E-state index contributed by atoms with van der Waals surface area (Å²) in [6, 6.07) is 4.91. The molecule has 0 bridgehead atoms. The molecule has 3 aromatic rings. The lowest BCUT2D eigenvalue weighted by Crippen LogP contribution is -2.30. The first-order valence-electron chi connectivity index (χ1n) is 10.5. The second kappa shape index (κ2) is 11.5. The van der Waals surface area contributed by atoms with Crippen molar-refractivity contribution in [2.24, 2.45) is 0 Å². The zero-order valence-corrected chi connectivity index (χ0v) is 20.9. The number of alkyl halides is 3. The highest BCUT2D eigenvalue weighted by Crippen LogP contribution is 2.37. The number of phenols is 1. The molecule has 0 saturated carbocycles. The first-order chi connectivity index (χ1) is 16.5. The molecule has 0 spiro atoms. The minimum atomic E-state index is -4.49. The number of thiazole rings is 1. The largest absolute Gasteiger partial charge is 0.507 e. The topological polar surface area (TPSA) is 83.9 Å². The van der Waals surface area contributed by atoms with Crippen molar-refractivity contribution in [1.29, 1.82) is 0 Å². The Morgan fingerprint density at radius 1 is 1.17 bits per heavy atom. The van der Waals surface area contributed by atoms with Gasteiger partial charge in [-0.15, -0.1) is 0 Å². The van der Waals surface area contributed by atoms with E-state index in [2.05, 4.69) is 10.3 Å². The lowest BCUT2D eigenvalue weighted by molar-refractivity contribution is -0.137. The number of phenolic OH excluding ortho intramolecular Hbond substituents is 1. The summed E-state index contributed by atoms with van der Waals surface area (Å²) in [7, 11) is 3.17. The van der Waals surface area contributed by atoms with Gasteiger partial charge in [0.2, 0.25) is 0 Å². The number of aromatic nitrogens is 1. The Bertz CT molecular complexity index is 1190. The summed E-state index contributed by atoms with van der Waals surface area (Å²) in [5.74, 6) is -0.928. The Kier molecular flexibility index (Phi) is 8.94. The molecule has 0 saturated heterocycles. The molecule has 2 aromatic carbocycles. The first-order valence-corrected chi connectivity index (χ1v) is 11.7. The molecule has 0 fully saturated rings. The number of nitrogens with one attached hydrogen (secondary N) is 1. The number of carbonyl (C=O) groups excluding carboxylic acids is 1. The van der Waals surface area contributed by atoms with Crippen molar-refractivity contribution in [1.82, 2.24) is 9.88 Å². The van der Waals surface area contributed by atoms with Crippen LogP contribution in [0, 0.1) is 6.92 Å². The number of hydrogen-bond donors (Lipinski definition) is 2. The maximum absolute atomic E-state index is 13.1. The Hall–Kier alpha value is -2.44. The molecule has 0 atom stereocenters. The number of benzene rings is 2. The van der Waals surface area contributed by atoms with Gasteiger partial charge in [-0.1, -0.05) is 22.9 Å². The van der Waals surface area contributed by atoms with Crippen LogP contribution in [0.2, 0.25) is 5.02 Å². The van der Waals surface area contributed by atoms with Gasteiger partial charge in [-0.25, -0.2) is 4.98 Å². The van der Waals surface area contributed by atoms with Gasteiger partial charge in [0.05, 0.1) is 34.6 Å². The number of ether oxygens (including phenoxy) is 2. The molecule has 35 heavy (non-hydrogen) atoms. The fraction of sp³-hybridized carbons (Fsp3) is 0.391. The zero-order chi connectivity index (χ0) is 25.8. The number of aryl methyl sites for hydroxylation is 1. The quantitative estimate of drug-likeness (QED) is 0.368. The molecule has 3 rings (SSSR count). The number of amides is 1. The summed E-state index contributed by atoms with van der Waals surface area (Å²) >= 11 is 7.14. The van der Waals surface area contributed by atoms with Crippen molar-refractivity contribution < 1.29 is 32.5 Å². The fourth-order valence-electron chi connectivity index (χ4n) is 3.48. The molecule has 190 valence electrons. The Balaban J connectivity index is 1.86. The number of nitrogens with zero attached hydrogens (tertiary/aromatic N) is 2. The van der Waals surface area contributed by atoms with E-state index in [1.807, 2.05) is 4.90 Å². The van der Waals surface area contributed by atoms with E-state index in [1.54, 1.807) is 20.3 Å². The molecule has 1 amide bonds. The molecule has 0 unspecified atom stereocenters. The van der Waals surface area contributed by atoms with E-state index < -0.39 is 17.6 Å². The number of methoxy groups -OCH3 is 2. The van der Waals surface area contributed by atoms with E-state index >= 15 is 0 Å². The van der Waals surface area contributed by atoms with Gasteiger partial charge >= 0.3 is 6.18 Å². The highest BCUT2D eigenvalue weighted by atomic mass is 35.5. The van der Waals surface area contributed by atoms with Crippen molar-refractivity contribution in [2.45, 2.75) is 19.6 Å². The van der Waals surface area contributed by atoms with Crippen LogP contribution in [0.15, 0.2) is 24.3 Å². The smallest absolute Gasteiger partial charge is 0.416 e. The first kappa shape index (κ1) is 27.2. The number of anilines is 1. The van der Waals surface area contributed by atoms with Crippen LogP contribution in [0.25, 0.3) is 10.2 Å². The molecule has 0 radical (unpaired) electrons. The van der Waals surface area contributed by atoms with E-state index in [-0.39, 0.29) is 26.2 Å². The van der Waals surface area contributed by atoms with Gasteiger partial charge in [0.15, 0.2) is 5.13 Å². The Labute approximate surface area is 209 Å². The van der Waals surface area contributed by atoms with Gasteiger partial charge in [-0.3, -0.25) is 15.0 Å². The third-order valence-electron chi connectivity index (χ3n) is 5.25. The molecule has 0 aliphatic carbocycles. The van der Waals surface area contributed by atoms with Gasteiger partial charge in [0.1, 0.15) is 5.75 Å². The predicted molar refractivity (Wildman–Crippen MR) is 129 cm³/mol. The van der Waals surface area contributed by atoms with Crippen LogP contribution < -0.4 is 5.32 Å². The minimum Gasteiger partial charge on any atom is -0.507 e. The summed E-state index contributed by atoms with van der Waals surface area (Å²) in [6.45, 7) is 3.88. The van der Waals surface area contributed by atoms with Crippen LogP contribution >= 0.6 is 22.9 Å². The second-order valence-corrected chi connectivity index (χ2v) is 9.30. The average Bonchev–Trinajstić information content (AvgIpc) is 3.20. The molecule has 2 N–H and O–H groups in total. The van der Waals surface area contributed by atoms with E-state index in [1.165, 1.54) is 13.0 Å². The van der Waals surface area contributed by atoms with Crippen LogP contribution in [-0.2, 0) is 22.2 Å². The number of rotatable bonds is 10. The molecule has 1 heterocycles. The summed E-state index contributed by atoms with van der Waals surface area (Å²) in [5.41, 5.74) is 0.281. The summed E-state index contributed by atoms with van der Waals surface area (Å²) < 4.78 is 50.0. The molecular weight excluding hydrogens is 507 g/mol. The standard InChI is InChI=1S/C23H25ClF3N3O4S/c1-13-8-15(23(25,26)27)10-18-19(13)28-22(35-18)29-21(32)17-11-16(24)9-14(20(17)31)12-30(4-6-33-2)5-7-34-3/h8-11,31H,4-7,12H2,1-3H3,(H,28,29,32). The third kappa shape index (κ3) is 6.83. The highest BCUT2D eigenvalue weighted by Gasteiger charge is 2.31. The number of carbonyl (C=O) groups is 1. The fourth-order valence-corrected chi connectivity index (χ4v) is 4.70. The van der Waals surface area contributed by atoms with Gasteiger partial charge in [-0.2, -0.15) is 13.2 Å². The van der Waals surface area contributed by atoms with Crippen LogP contribution in [-0.4, -0.2) is 61.4 Å². The van der Waals surface area contributed by atoms with E-state index in [0.717, 1.165) is 23.5 Å². The van der Waals surface area contributed by atoms with Crippen LogP contribution in [0.3, 0.4) is 0 Å². The number of halogens is 4. The van der Waals surface area contributed by atoms with Crippen molar-refractivity contribution >= 4 is 44.2 Å². The van der Waals surface area contributed by atoms with Gasteiger partial charge in [0, 0.05) is 44.4 Å². The van der Waals surface area contributed by atoms with Crippen LogP contribution in [0.5, 0.6) is 5.75 Å². The zero-order valence-electron chi connectivity index (χ0n) is 19.3. The van der Waals surface area contributed by atoms with E-state index in [0.29, 0.717) is 49.5 Å². The highest BCUT2D eigenvalue weighted by molar-refractivity contribution is 7.22. The van der Waals surface area contributed by atoms with Crippen molar-refractivity contribution in [3.63, 3.8) is 0 Å². The number of fused-ring (bicyclic) bond motifs is 1. The third-order valence-corrected chi connectivity index (χ3v) is 6.38. The SMILES string of the molecule is COCCN(CCOC)Cc1cc(Cl)cc(C(=O)Nc2nc3c(C)cc(C(F)(F)F)cc3s2)c1O. The summed E-state index contributed by atoms with van der Waals surface area (Å²) in [6.07, 6.45) is -4.49. The van der Waals surface area contributed by atoms with E-state index in [9.17, 15) is 23.1 Å². The maximum Gasteiger partial charge on any atom is 0.416 e. The second-order valence-electron chi connectivity index (χ2n) is 7.83. The van der Waals surface area contributed by atoms with E-state index in [4.69, 9.17) is 21.1 Å². The normalized spacial score (nSPS) is 12.0. The van der Waals surface area contributed by atoms with Gasteiger partial charge in [-0.05, 0) is 36.8 Å². The van der Waals surface area contributed by atoms with Gasteiger partial charge in [0.25, 0.3) is 5.91 Å². The van der Waals surface area contributed by atoms with Crippen LogP contribution in [0.1, 0.15) is 27.0 Å². The van der Waals surface area contributed by atoms with Crippen molar-refractivity contribution in [3.05, 3.63) is 51.5 Å². The lowest BCUT2D eigenvalue weighted by atomic mass is 10.1. The molecule has 0 aliphatic rings. The monoisotopic (exact) mass is 531 g/mol. The predicted octanol–water partition coefficient (Wildman–Crippen LogP) is 5.33. The maximum atomic E-state index is 13.1. The average molecular weight is 532 g/mol. The number of hydrogen-bond acceptors (Lipinski definition) is 7. The molecule has 1 aromatic heterocycles. The van der Waals surface area contributed by atoms with Crippen LogP contribution in [0.4, 0.5) is 18.3 Å². The van der Waals surface area contributed by atoms with Crippen molar-refractivity contribution in [3.8, 4) is 5.75 Å². The molecule has 12 heteroatoms. The lowest BCUT2D eigenvalue weighted by Gasteiger charge is -2.22. The Morgan fingerprint density at radius 3 is 2.43 bits per heavy atom. The molecule has 0 aliphatic heterocycles. The molecule has 7 nitrogen and oxygen atoms in total. The summed E-state index contributed by atoms with van der Waals surface area (Å²) in [5, 5.41) is 13.7. The summed E-state index contributed by atoms with van der Waals surface area (Å²) in [4.78, 5) is 19.2. The minimum absolute atomic E-state index is 0.0714. The number of aromatic hydroxyl groups is 1. The molecular formula is C23H25ClF3N3O4S.